The molecule has 2 aromatic rings. The Bertz CT molecular complexity index is 572. The summed E-state index contributed by atoms with van der Waals surface area (Å²) in [7, 11) is 0. The topological polar surface area (TPSA) is 80.4 Å². The van der Waals surface area contributed by atoms with Crippen LogP contribution >= 0.6 is 0 Å². The van der Waals surface area contributed by atoms with Crippen molar-refractivity contribution in [3.63, 3.8) is 0 Å². The molecule has 1 saturated heterocycles. The molecule has 1 fully saturated rings. The van der Waals surface area contributed by atoms with Gasteiger partial charge in [-0.2, -0.15) is 4.98 Å². The molecule has 0 amide bonds. The van der Waals surface area contributed by atoms with Crippen molar-refractivity contribution in [2.75, 3.05) is 6.54 Å². The Morgan fingerprint density at radius 3 is 2.90 bits per heavy atom. The fourth-order valence-corrected chi connectivity index (χ4v) is 2.05. The van der Waals surface area contributed by atoms with E-state index in [1.165, 1.54) is 24.3 Å². The fraction of sp³-hybridized carbons (Fsp3) is 0.385. The molecular weight excluding hydrogens is 265 g/mol. The van der Waals surface area contributed by atoms with E-state index in [1.807, 2.05) is 0 Å². The quantitative estimate of drug-likeness (QED) is 0.875. The second-order valence-corrected chi connectivity index (χ2v) is 4.64. The van der Waals surface area contributed by atoms with Gasteiger partial charge in [-0.25, -0.2) is 4.39 Å². The summed E-state index contributed by atoms with van der Waals surface area (Å²) in [6.45, 7) is 0.666. The number of nitrogens with one attached hydrogen (secondary N) is 1. The van der Waals surface area contributed by atoms with Crippen molar-refractivity contribution < 1.29 is 18.8 Å². The smallest absolute Gasteiger partial charge is 0.244 e. The highest BCUT2D eigenvalue weighted by atomic mass is 19.1. The van der Waals surface area contributed by atoms with Crippen molar-refractivity contribution in [1.82, 2.24) is 15.5 Å². The number of aromatic nitrogens is 2. The van der Waals surface area contributed by atoms with Gasteiger partial charge >= 0.3 is 0 Å². The van der Waals surface area contributed by atoms with E-state index in [0.717, 1.165) is 0 Å². The summed E-state index contributed by atoms with van der Waals surface area (Å²) >= 11 is 0. The number of hydrogen-bond acceptors (Lipinski definition) is 6. The summed E-state index contributed by atoms with van der Waals surface area (Å²) in [5, 5.41) is 16.3. The molecule has 7 heteroatoms. The Hall–Kier alpha value is -1.99. The molecule has 1 aliphatic heterocycles. The number of hydrogen-bond donors (Lipinski definition) is 2. The lowest BCUT2D eigenvalue weighted by Gasteiger charge is -2.03. The summed E-state index contributed by atoms with van der Waals surface area (Å²) in [4.78, 5) is 4.21. The molecule has 6 nitrogen and oxygen atoms in total. The second-order valence-electron chi connectivity index (χ2n) is 4.64. The van der Waals surface area contributed by atoms with Gasteiger partial charge in [0.2, 0.25) is 11.7 Å². The number of aliphatic hydroxyl groups is 1. The number of rotatable bonds is 4. The molecule has 3 rings (SSSR count). The monoisotopic (exact) mass is 279 g/mol. The zero-order chi connectivity index (χ0) is 13.9. The first-order valence-electron chi connectivity index (χ1n) is 6.33. The summed E-state index contributed by atoms with van der Waals surface area (Å²) in [6.07, 6.45) is 0.173. The summed E-state index contributed by atoms with van der Waals surface area (Å²) in [5.74, 6) is 1.07. The summed E-state index contributed by atoms with van der Waals surface area (Å²) in [6, 6.07) is 5.59. The largest absolute Gasteiger partial charge is 0.485 e. The lowest BCUT2D eigenvalue weighted by molar-refractivity contribution is 0.191. The van der Waals surface area contributed by atoms with E-state index in [-0.39, 0.29) is 24.6 Å². The van der Waals surface area contributed by atoms with Gasteiger partial charge < -0.3 is 19.7 Å². The minimum absolute atomic E-state index is 0.114. The molecule has 20 heavy (non-hydrogen) atoms. The molecule has 0 saturated carbocycles. The van der Waals surface area contributed by atoms with Crippen LogP contribution in [0.25, 0.3) is 0 Å². The van der Waals surface area contributed by atoms with Crippen LogP contribution in [0, 0.1) is 5.82 Å². The van der Waals surface area contributed by atoms with E-state index in [9.17, 15) is 9.50 Å². The Balaban J connectivity index is 1.58. The maximum absolute atomic E-state index is 12.7. The molecule has 0 spiro atoms. The predicted octanol–water partition coefficient (Wildman–Crippen LogP) is 1.18. The van der Waals surface area contributed by atoms with Crippen LogP contribution in [0.3, 0.4) is 0 Å². The van der Waals surface area contributed by atoms with Gasteiger partial charge in [-0.05, 0) is 30.7 Å². The van der Waals surface area contributed by atoms with Crippen LogP contribution in [0.2, 0.25) is 0 Å². The van der Waals surface area contributed by atoms with Gasteiger partial charge in [-0.1, -0.05) is 5.16 Å². The Kier molecular flexibility index (Phi) is 3.62. The SMILES string of the molecule is O[C@H]1CN[C@@H](c2nc(COc3ccc(F)cc3)no2)C1. The fourth-order valence-electron chi connectivity index (χ4n) is 2.05. The highest BCUT2D eigenvalue weighted by molar-refractivity contribution is 5.22. The molecule has 0 aliphatic carbocycles. The maximum Gasteiger partial charge on any atom is 0.244 e. The Labute approximate surface area is 114 Å². The number of ether oxygens (including phenoxy) is 1. The van der Waals surface area contributed by atoms with Crippen molar-refractivity contribution in [2.24, 2.45) is 0 Å². The highest BCUT2D eigenvalue weighted by Crippen LogP contribution is 2.22. The van der Waals surface area contributed by atoms with E-state index in [1.54, 1.807) is 0 Å². The third-order valence-corrected chi connectivity index (χ3v) is 3.07. The van der Waals surface area contributed by atoms with E-state index >= 15 is 0 Å². The van der Waals surface area contributed by atoms with Gasteiger partial charge in [0, 0.05) is 6.54 Å². The Morgan fingerprint density at radius 1 is 1.40 bits per heavy atom. The first kappa shape index (κ1) is 13.0. The van der Waals surface area contributed by atoms with Gasteiger partial charge in [0.25, 0.3) is 0 Å². The van der Waals surface area contributed by atoms with Crippen LogP contribution in [0.1, 0.15) is 24.2 Å². The number of halogens is 1. The van der Waals surface area contributed by atoms with Crippen molar-refractivity contribution >= 4 is 0 Å². The second kappa shape index (κ2) is 5.56. The van der Waals surface area contributed by atoms with Crippen LogP contribution in [-0.2, 0) is 6.61 Å². The normalized spacial score (nSPS) is 22.1. The van der Waals surface area contributed by atoms with Crippen molar-refractivity contribution in [1.29, 1.82) is 0 Å². The average molecular weight is 279 g/mol. The van der Waals surface area contributed by atoms with Crippen LogP contribution in [0.4, 0.5) is 4.39 Å². The molecule has 0 unspecified atom stereocenters. The molecule has 2 N–H and O–H groups in total. The zero-order valence-electron chi connectivity index (χ0n) is 10.6. The predicted molar refractivity (Wildman–Crippen MR) is 66.4 cm³/mol. The molecule has 0 radical (unpaired) electrons. The maximum atomic E-state index is 12.7. The lowest BCUT2D eigenvalue weighted by Crippen LogP contribution is -2.15. The van der Waals surface area contributed by atoms with E-state index in [0.29, 0.717) is 30.4 Å². The third-order valence-electron chi connectivity index (χ3n) is 3.07. The highest BCUT2D eigenvalue weighted by Gasteiger charge is 2.28. The van der Waals surface area contributed by atoms with Gasteiger partial charge in [-0.15, -0.1) is 0 Å². The van der Waals surface area contributed by atoms with E-state index < -0.39 is 0 Å². The first-order chi connectivity index (χ1) is 9.70. The minimum Gasteiger partial charge on any atom is -0.485 e. The molecule has 2 heterocycles. The molecule has 0 bridgehead atoms. The van der Waals surface area contributed by atoms with Crippen molar-refractivity contribution in [2.45, 2.75) is 25.2 Å². The first-order valence-corrected chi connectivity index (χ1v) is 6.33. The summed E-state index contributed by atoms with van der Waals surface area (Å²) in [5.41, 5.74) is 0. The van der Waals surface area contributed by atoms with Gasteiger partial charge in [-0.3, -0.25) is 0 Å². The Morgan fingerprint density at radius 2 is 2.20 bits per heavy atom. The molecule has 106 valence electrons. The van der Waals surface area contributed by atoms with Crippen LogP contribution in [0.5, 0.6) is 5.75 Å². The molecule has 1 aromatic carbocycles. The number of nitrogens with zero attached hydrogens (tertiary/aromatic N) is 2. The molecular formula is C13H14FN3O3. The lowest BCUT2D eigenvalue weighted by atomic mass is 10.2. The van der Waals surface area contributed by atoms with E-state index in [2.05, 4.69) is 15.5 Å². The van der Waals surface area contributed by atoms with Crippen molar-refractivity contribution in [3.8, 4) is 5.75 Å². The van der Waals surface area contributed by atoms with Crippen LogP contribution in [0.15, 0.2) is 28.8 Å². The number of benzene rings is 1. The van der Waals surface area contributed by atoms with Gasteiger partial charge in [0.15, 0.2) is 6.61 Å². The van der Waals surface area contributed by atoms with Gasteiger partial charge in [0.05, 0.1) is 12.1 Å². The molecule has 1 aromatic heterocycles. The summed E-state index contributed by atoms with van der Waals surface area (Å²) < 4.78 is 23.3. The van der Waals surface area contributed by atoms with Crippen molar-refractivity contribution in [3.05, 3.63) is 41.8 Å². The molecule has 2 atom stereocenters. The van der Waals surface area contributed by atoms with Crippen LogP contribution in [-0.4, -0.2) is 27.9 Å². The zero-order valence-corrected chi connectivity index (χ0v) is 10.6. The average Bonchev–Trinajstić information content (AvgIpc) is 3.07. The van der Waals surface area contributed by atoms with Gasteiger partial charge in [0.1, 0.15) is 11.6 Å². The third kappa shape index (κ3) is 2.94. The molecule has 1 aliphatic rings. The van der Waals surface area contributed by atoms with E-state index in [4.69, 9.17) is 9.26 Å². The number of β-amino-alcohol motifs (C(OH)–C–C–N with tert-alkyl or cyclic N) is 1. The van der Waals surface area contributed by atoms with Crippen LogP contribution < -0.4 is 10.1 Å². The minimum atomic E-state index is -0.384. The standard InChI is InChI=1S/C13H14FN3O3/c14-8-1-3-10(4-2-8)19-7-12-16-13(20-17-12)11-5-9(18)6-15-11/h1-4,9,11,15,18H,5-7H2/t9-,11-/m1/s1. The number of aliphatic hydroxyl groups excluding tert-OH is 1.